The van der Waals surface area contributed by atoms with Crippen molar-refractivity contribution < 1.29 is 29.3 Å². The minimum absolute atomic E-state index is 0.0724. The number of nitrogens with zero attached hydrogens (tertiary/aromatic N) is 1. The molecule has 0 spiro atoms. The summed E-state index contributed by atoms with van der Waals surface area (Å²) in [5.74, 6) is -2.17. The zero-order valence-corrected chi connectivity index (χ0v) is 13.2. The van der Waals surface area contributed by atoms with Crippen LogP contribution >= 0.6 is 11.8 Å². The summed E-state index contributed by atoms with van der Waals surface area (Å²) in [7, 11) is 0. The Hall–Kier alpha value is -2.68. The van der Waals surface area contributed by atoms with Crippen molar-refractivity contribution in [3.63, 3.8) is 0 Å². The van der Waals surface area contributed by atoms with Crippen LogP contribution in [0.15, 0.2) is 41.8 Å². The lowest BCUT2D eigenvalue weighted by Crippen LogP contribution is -2.70. The van der Waals surface area contributed by atoms with Crippen LogP contribution in [0.3, 0.4) is 0 Å². The first kappa shape index (κ1) is 16.2. The van der Waals surface area contributed by atoms with Gasteiger partial charge in [-0.1, -0.05) is 18.2 Å². The minimum Gasteiger partial charge on any atom is -0.509 e. The number of carboxylic acids is 1. The van der Waals surface area contributed by atoms with Crippen LogP contribution in [-0.4, -0.2) is 56.7 Å². The molecule has 0 saturated carbocycles. The molecule has 0 aromatic heterocycles. The number of hydrogen-bond acceptors (Lipinski definition) is 6. The standard InChI is InChI=1S/C15H14N2O6S/c18-9-7-24-14-11(13(20)17(14)12(9)15(21)22)16-10(19)6-23-8-4-2-1-3-5-8/h1-5,11,14,18H,6-7H2,(H,16,19)(H,21,22)/t11?,14-/m0/s1. The summed E-state index contributed by atoms with van der Waals surface area (Å²) in [6.45, 7) is -0.252. The van der Waals surface area contributed by atoms with E-state index in [1.807, 2.05) is 6.07 Å². The molecule has 1 aromatic carbocycles. The molecule has 0 radical (unpaired) electrons. The summed E-state index contributed by atoms with van der Waals surface area (Å²) in [6, 6.07) is 7.93. The first-order valence-electron chi connectivity index (χ1n) is 7.06. The topological polar surface area (TPSA) is 116 Å². The average Bonchev–Trinajstić information content (AvgIpc) is 2.58. The fraction of sp³-hybridized carbons (Fsp3) is 0.267. The van der Waals surface area contributed by atoms with Crippen molar-refractivity contribution >= 4 is 29.5 Å². The minimum atomic E-state index is -1.37. The molecular formula is C15H14N2O6S. The van der Waals surface area contributed by atoms with Gasteiger partial charge in [0.05, 0.1) is 5.75 Å². The summed E-state index contributed by atoms with van der Waals surface area (Å²) in [6.07, 6.45) is 0. The van der Waals surface area contributed by atoms with E-state index < -0.39 is 34.9 Å². The van der Waals surface area contributed by atoms with Gasteiger partial charge < -0.3 is 20.3 Å². The van der Waals surface area contributed by atoms with E-state index in [-0.39, 0.29) is 18.1 Å². The molecule has 8 nitrogen and oxygen atoms in total. The zero-order valence-electron chi connectivity index (χ0n) is 12.3. The molecule has 9 heteroatoms. The number of carboxylic acid groups (broad SMARTS) is 1. The lowest BCUT2D eigenvalue weighted by molar-refractivity contribution is -0.151. The lowest BCUT2D eigenvalue weighted by atomic mass is 10.0. The zero-order chi connectivity index (χ0) is 17.3. The van der Waals surface area contributed by atoms with Crippen LogP contribution in [0.4, 0.5) is 0 Å². The van der Waals surface area contributed by atoms with E-state index in [1.54, 1.807) is 24.3 Å². The normalized spacial score (nSPS) is 22.5. The second-order valence-corrected chi connectivity index (χ2v) is 6.26. The number of carbonyl (C=O) groups is 3. The number of aliphatic hydroxyl groups is 1. The Balaban J connectivity index is 1.59. The van der Waals surface area contributed by atoms with Gasteiger partial charge in [-0.05, 0) is 12.1 Å². The Morgan fingerprint density at radius 1 is 1.33 bits per heavy atom. The fourth-order valence-corrected chi connectivity index (χ4v) is 3.68. The van der Waals surface area contributed by atoms with E-state index in [9.17, 15) is 19.5 Å². The summed E-state index contributed by atoms with van der Waals surface area (Å²) < 4.78 is 5.30. The Kier molecular flexibility index (Phi) is 4.34. The largest absolute Gasteiger partial charge is 0.509 e. The molecule has 0 bridgehead atoms. The van der Waals surface area contributed by atoms with Crippen molar-refractivity contribution in [3.05, 3.63) is 41.8 Å². The number of aliphatic hydroxyl groups excluding tert-OH is 1. The third kappa shape index (κ3) is 2.90. The predicted octanol–water partition coefficient (Wildman–Crippen LogP) is 0.320. The Labute approximate surface area is 141 Å². The third-order valence-corrected chi connectivity index (χ3v) is 4.84. The van der Waals surface area contributed by atoms with Crippen LogP contribution in [0, 0.1) is 0 Å². The number of rotatable bonds is 5. The second kappa shape index (κ2) is 6.44. The van der Waals surface area contributed by atoms with Crippen molar-refractivity contribution in [2.45, 2.75) is 11.4 Å². The van der Waals surface area contributed by atoms with Gasteiger partial charge in [-0.25, -0.2) is 4.79 Å². The quantitative estimate of drug-likeness (QED) is 0.655. The monoisotopic (exact) mass is 350 g/mol. The summed E-state index contributed by atoms with van der Waals surface area (Å²) in [4.78, 5) is 36.2. The SMILES string of the molecule is O=C(COc1ccccc1)NC1C(=O)N2C(C(=O)O)=C(O)CS[C@@H]12. The molecule has 1 aromatic rings. The van der Waals surface area contributed by atoms with Gasteiger partial charge in [0.15, 0.2) is 12.3 Å². The van der Waals surface area contributed by atoms with Gasteiger partial charge in [0.2, 0.25) is 0 Å². The molecule has 1 saturated heterocycles. The predicted molar refractivity (Wildman–Crippen MR) is 84.3 cm³/mol. The number of hydrogen-bond donors (Lipinski definition) is 3. The van der Waals surface area contributed by atoms with E-state index >= 15 is 0 Å². The highest BCUT2D eigenvalue weighted by Crippen LogP contribution is 2.39. The Morgan fingerprint density at radius 3 is 2.71 bits per heavy atom. The molecule has 1 fully saturated rings. The van der Waals surface area contributed by atoms with Crippen LogP contribution in [0.5, 0.6) is 5.75 Å². The van der Waals surface area contributed by atoms with E-state index in [4.69, 9.17) is 9.84 Å². The van der Waals surface area contributed by atoms with Gasteiger partial charge in [0, 0.05) is 0 Å². The van der Waals surface area contributed by atoms with E-state index in [2.05, 4.69) is 5.32 Å². The van der Waals surface area contributed by atoms with E-state index in [0.717, 1.165) is 4.90 Å². The molecule has 2 heterocycles. The van der Waals surface area contributed by atoms with E-state index in [1.165, 1.54) is 11.8 Å². The van der Waals surface area contributed by atoms with Gasteiger partial charge >= 0.3 is 5.97 Å². The van der Waals surface area contributed by atoms with Gasteiger partial charge in [0.1, 0.15) is 22.9 Å². The number of thioether (sulfide) groups is 1. The molecular weight excluding hydrogens is 336 g/mol. The fourth-order valence-electron chi connectivity index (χ4n) is 2.48. The van der Waals surface area contributed by atoms with Gasteiger partial charge in [-0.3, -0.25) is 14.5 Å². The molecule has 0 aliphatic carbocycles. The van der Waals surface area contributed by atoms with Gasteiger partial charge in [0.25, 0.3) is 11.8 Å². The summed E-state index contributed by atoms with van der Waals surface area (Å²) in [5, 5.41) is 20.7. The molecule has 126 valence electrons. The van der Waals surface area contributed by atoms with Crippen LogP contribution in [0.1, 0.15) is 0 Å². The van der Waals surface area contributed by atoms with Gasteiger partial charge in [-0.2, -0.15) is 0 Å². The van der Waals surface area contributed by atoms with Crippen LogP contribution in [0.25, 0.3) is 0 Å². The second-order valence-electron chi connectivity index (χ2n) is 5.16. The molecule has 24 heavy (non-hydrogen) atoms. The molecule has 3 rings (SSSR count). The highest BCUT2D eigenvalue weighted by Gasteiger charge is 2.54. The first-order chi connectivity index (χ1) is 11.5. The maximum Gasteiger partial charge on any atom is 0.356 e. The average molecular weight is 350 g/mol. The Bertz CT molecular complexity index is 720. The summed E-state index contributed by atoms with van der Waals surface area (Å²) >= 11 is 1.19. The van der Waals surface area contributed by atoms with Gasteiger partial charge in [-0.15, -0.1) is 11.8 Å². The van der Waals surface area contributed by atoms with Crippen molar-refractivity contribution in [2.75, 3.05) is 12.4 Å². The molecule has 3 N–H and O–H groups in total. The lowest BCUT2D eigenvalue weighted by Gasteiger charge is -2.48. The molecule has 2 aliphatic rings. The highest BCUT2D eigenvalue weighted by atomic mass is 32.2. The number of nitrogens with one attached hydrogen (secondary N) is 1. The molecule has 1 unspecified atom stereocenters. The number of fused-ring (bicyclic) bond motifs is 1. The van der Waals surface area contributed by atoms with Crippen molar-refractivity contribution in [2.24, 2.45) is 0 Å². The van der Waals surface area contributed by atoms with Crippen molar-refractivity contribution in [3.8, 4) is 5.75 Å². The highest BCUT2D eigenvalue weighted by molar-refractivity contribution is 8.00. The number of benzene rings is 1. The van der Waals surface area contributed by atoms with Crippen LogP contribution < -0.4 is 10.1 Å². The number of carbonyl (C=O) groups excluding carboxylic acids is 2. The van der Waals surface area contributed by atoms with E-state index in [0.29, 0.717) is 5.75 Å². The van der Waals surface area contributed by atoms with Crippen LogP contribution in [0.2, 0.25) is 0 Å². The smallest absolute Gasteiger partial charge is 0.356 e. The Morgan fingerprint density at radius 2 is 2.04 bits per heavy atom. The number of β-lactam (4-membered cyclic amide) rings is 1. The first-order valence-corrected chi connectivity index (χ1v) is 8.11. The van der Waals surface area contributed by atoms with Crippen LogP contribution in [-0.2, 0) is 14.4 Å². The number of amides is 2. The molecule has 2 aliphatic heterocycles. The number of para-hydroxylation sites is 1. The maximum absolute atomic E-state index is 12.1. The molecule has 2 atom stereocenters. The van der Waals surface area contributed by atoms with Crippen molar-refractivity contribution in [1.29, 1.82) is 0 Å². The summed E-state index contributed by atoms with van der Waals surface area (Å²) in [5.41, 5.74) is -0.421. The third-order valence-electron chi connectivity index (χ3n) is 3.58. The molecule has 2 amide bonds. The number of ether oxygens (including phenoxy) is 1. The van der Waals surface area contributed by atoms with Crippen molar-refractivity contribution in [1.82, 2.24) is 10.2 Å². The number of aliphatic carboxylic acids is 1. The maximum atomic E-state index is 12.1.